The Morgan fingerprint density at radius 3 is 2.24 bits per heavy atom. The van der Waals surface area contributed by atoms with Crippen molar-refractivity contribution in [2.45, 2.75) is 64.3 Å². The van der Waals surface area contributed by atoms with Gasteiger partial charge in [0.05, 0.1) is 19.8 Å². The summed E-state index contributed by atoms with van der Waals surface area (Å²) in [6, 6.07) is 6.10. The average molecular weight is 545 g/mol. The SMILES string of the molecule is COCCCOc1cc(C[C@@H](C[C@@H](Br)[C@@H](O)C[C@H](C(=O)N(C)C)C(C)C)C(C)C)ccc1OC. The van der Waals surface area contributed by atoms with E-state index >= 15 is 0 Å². The monoisotopic (exact) mass is 543 g/mol. The maximum atomic E-state index is 12.6. The second-order valence-corrected chi connectivity index (χ2v) is 11.2. The molecule has 1 N–H and O–H groups in total. The third kappa shape index (κ3) is 10.1. The maximum Gasteiger partial charge on any atom is 0.225 e. The molecule has 0 aliphatic heterocycles. The molecule has 0 radical (unpaired) electrons. The Bertz CT molecular complexity index is 725. The lowest BCUT2D eigenvalue weighted by molar-refractivity contribution is -0.135. The quantitative estimate of drug-likeness (QED) is 0.229. The number of ether oxygens (including phenoxy) is 3. The van der Waals surface area contributed by atoms with Gasteiger partial charge in [0.1, 0.15) is 0 Å². The van der Waals surface area contributed by atoms with Gasteiger partial charge in [-0.25, -0.2) is 0 Å². The molecular formula is C27H46BrNO5. The number of carbonyl (C=O) groups excluding carboxylic acids is 1. The number of carbonyl (C=O) groups is 1. The highest BCUT2D eigenvalue weighted by Crippen LogP contribution is 2.33. The Hall–Kier alpha value is -1.31. The van der Waals surface area contributed by atoms with Crippen LogP contribution in [0.25, 0.3) is 0 Å². The number of hydrogen-bond acceptors (Lipinski definition) is 5. The Labute approximate surface area is 215 Å². The molecule has 7 heteroatoms. The molecule has 1 amide bonds. The van der Waals surface area contributed by atoms with E-state index in [1.165, 1.54) is 5.56 Å². The number of rotatable bonds is 16. The van der Waals surface area contributed by atoms with Crippen LogP contribution in [-0.2, 0) is 16.0 Å². The Morgan fingerprint density at radius 1 is 1.03 bits per heavy atom. The Kier molecular flexibility index (Phi) is 14.1. The minimum absolute atomic E-state index is 0.0745. The zero-order chi connectivity index (χ0) is 25.8. The topological polar surface area (TPSA) is 68.2 Å². The fourth-order valence-corrected chi connectivity index (χ4v) is 4.78. The molecule has 0 saturated heterocycles. The lowest BCUT2D eigenvalue weighted by atomic mass is 9.82. The van der Waals surface area contributed by atoms with Gasteiger partial charge in [-0.15, -0.1) is 0 Å². The minimum Gasteiger partial charge on any atom is -0.493 e. The van der Waals surface area contributed by atoms with E-state index in [1.807, 2.05) is 19.9 Å². The van der Waals surface area contributed by atoms with Gasteiger partial charge in [0.2, 0.25) is 5.91 Å². The predicted molar refractivity (Wildman–Crippen MR) is 142 cm³/mol. The highest BCUT2D eigenvalue weighted by atomic mass is 79.9. The molecule has 1 rings (SSSR count). The molecule has 0 aromatic heterocycles. The van der Waals surface area contributed by atoms with Crippen LogP contribution in [0.1, 0.15) is 52.5 Å². The second-order valence-electron chi connectivity index (χ2n) is 10.0. The molecule has 0 aliphatic carbocycles. The van der Waals surface area contributed by atoms with Crippen molar-refractivity contribution in [2.75, 3.05) is 41.5 Å². The van der Waals surface area contributed by atoms with E-state index in [9.17, 15) is 9.90 Å². The summed E-state index contributed by atoms with van der Waals surface area (Å²) in [7, 11) is 6.88. The van der Waals surface area contributed by atoms with Crippen molar-refractivity contribution in [1.82, 2.24) is 4.90 Å². The van der Waals surface area contributed by atoms with Crippen LogP contribution in [0, 0.1) is 23.7 Å². The number of nitrogens with zero attached hydrogens (tertiary/aromatic N) is 1. The molecular weight excluding hydrogens is 498 g/mol. The summed E-state index contributed by atoms with van der Waals surface area (Å²) in [6.45, 7) is 9.74. The van der Waals surface area contributed by atoms with Crippen LogP contribution in [0.4, 0.5) is 0 Å². The first-order valence-electron chi connectivity index (χ1n) is 12.3. The molecule has 0 fully saturated rings. The third-order valence-corrected chi connectivity index (χ3v) is 7.41. The summed E-state index contributed by atoms with van der Waals surface area (Å²) in [6.07, 6.45) is 2.37. The van der Waals surface area contributed by atoms with E-state index in [1.54, 1.807) is 33.2 Å². The summed E-state index contributed by atoms with van der Waals surface area (Å²) in [4.78, 5) is 14.1. The number of benzene rings is 1. The maximum absolute atomic E-state index is 12.6. The lowest BCUT2D eigenvalue weighted by Gasteiger charge is -2.30. The predicted octanol–water partition coefficient (Wildman–Crippen LogP) is 5.19. The molecule has 1 aromatic rings. The molecule has 1 aromatic carbocycles. The van der Waals surface area contributed by atoms with Crippen LogP contribution >= 0.6 is 15.9 Å². The van der Waals surface area contributed by atoms with Crippen LogP contribution in [0.15, 0.2) is 18.2 Å². The van der Waals surface area contributed by atoms with Gasteiger partial charge in [-0.1, -0.05) is 49.7 Å². The van der Waals surface area contributed by atoms with E-state index in [4.69, 9.17) is 14.2 Å². The number of aliphatic hydroxyl groups is 1. The number of amides is 1. The fraction of sp³-hybridized carbons (Fsp3) is 0.741. The number of halogens is 1. The number of hydrogen-bond donors (Lipinski definition) is 1. The number of methoxy groups -OCH3 is 2. The first-order valence-corrected chi connectivity index (χ1v) is 13.2. The summed E-state index contributed by atoms with van der Waals surface area (Å²) in [5.74, 6) is 2.32. The van der Waals surface area contributed by atoms with E-state index in [0.29, 0.717) is 31.5 Å². The van der Waals surface area contributed by atoms with Crippen LogP contribution in [0.3, 0.4) is 0 Å². The van der Waals surface area contributed by atoms with Crippen molar-refractivity contribution in [3.8, 4) is 11.5 Å². The second kappa shape index (κ2) is 15.6. The first-order chi connectivity index (χ1) is 16.0. The summed E-state index contributed by atoms with van der Waals surface area (Å²) < 4.78 is 16.5. The van der Waals surface area contributed by atoms with Gasteiger partial charge >= 0.3 is 0 Å². The fourth-order valence-electron chi connectivity index (χ4n) is 4.08. The average Bonchev–Trinajstić information content (AvgIpc) is 2.78. The van der Waals surface area contributed by atoms with E-state index in [2.05, 4.69) is 41.9 Å². The molecule has 0 heterocycles. The highest BCUT2D eigenvalue weighted by Gasteiger charge is 2.31. The lowest BCUT2D eigenvalue weighted by Crippen LogP contribution is -2.37. The van der Waals surface area contributed by atoms with E-state index < -0.39 is 6.10 Å². The highest BCUT2D eigenvalue weighted by molar-refractivity contribution is 9.09. The molecule has 4 atom stereocenters. The van der Waals surface area contributed by atoms with Crippen molar-refractivity contribution in [3.05, 3.63) is 23.8 Å². The van der Waals surface area contributed by atoms with Crippen LogP contribution in [0.2, 0.25) is 0 Å². The smallest absolute Gasteiger partial charge is 0.225 e. The van der Waals surface area contributed by atoms with Crippen molar-refractivity contribution >= 4 is 21.8 Å². The number of aliphatic hydroxyl groups excluding tert-OH is 1. The van der Waals surface area contributed by atoms with Gasteiger partial charge in [-0.2, -0.15) is 0 Å². The zero-order valence-corrected chi connectivity index (χ0v) is 23.9. The van der Waals surface area contributed by atoms with Crippen molar-refractivity contribution in [3.63, 3.8) is 0 Å². The van der Waals surface area contributed by atoms with Crippen LogP contribution < -0.4 is 9.47 Å². The Morgan fingerprint density at radius 2 is 1.71 bits per heavy atom. The van der Waals surface area contributed by atoms with Crippen molar-refractivity contribution in [2.24, 2.45) is 23.7 Å². The zero-order valence-electron chi connectivity index (χ0n) is 22.3. The molecule has 0 unspecified atom stereocenters. The molecule has 0 saturated carbocycles. The molecule has 196 valence electrons. The molecule has 6 nitrogen and oxygen atoms in total. The first kappa shape index (κ1) is 30.7. The summed E-state index contributed by atoms with van der Waals surface area (Å²) >= 11 is 3.74. The Balaban J connectivity index is 2.87. The summed E-state index contributed by atoms with van der Waals surface area (Å²) in [5, 5.41) is 11.0. The molecule has 34 heavy (non-hydrogen) atoms. The molecule has 0 bridgehead atoms. The standard InChI is InChI=1S/C27H46BrNO5/c1-18(2)21(16-23(28)24(30)17-22(19(3)4)27(31)29(5)6)14-20-10-11-25(33-8)26(15-20)34-13-9-12-32-7/h10-11,15,18-19,21-24,30H,9,12-14,16-17H2,1-8H3/t21-,22-,23+,24-/m0/s1. The van der Waals surface area contributed by atoms with Gasteiger partial charge in [0.25, 0.3) is 0 Å². The normalized spacial score (nSPS) is 15.2. The molecule has 0 spiro atoms. The number of alkyl halides is 1. The third-order valence-electron chi connectivity index (χ3n) is 6.42. The van der Waals surface area contributed by atoms with E-state index in [0.717, 1.165) is 30.8 Å². The summed E-state index contributed by atoms with van der Waals surface area (Å²) in [5.41, 5.74) is 1.18. The van der Waals surface area contributed by atoms with Gasteiger partial charge in [-0.3, -0.25) is 4.79 Å². The van der Waals surface area contributed by atoms with Crippen molar-refractivity contribution in [1.29, 1.82) is 0 Å². The van der Waals surface area contributed by atoms with E-state index in [-0.39, 0.29) is 22.6 Å². The van der Waals surface area contributed by atoms with Gasteiger partial charge in [0, 0.05) is 45.0 Å². The van der Waals surface area contributed by atoms with Gasteiger partial charge < -0.3 is 24.2 Å². The minimum atomic E-state index is -0.590. The van der Waals surface area contributed by atoms with Gasteiger partial charge in [-0.05, 0) is 54.7 Å². The van der Waals surface area contributed by atoms with Gasteiger partial charge in [0.15, 0.2) is 11.5 Å². The van der Waals surface area contributed by atoms with Crippen LogP contribution in [-0.4, -0.2) is 68.4 Å². The molecule has 0 aliphatic rings. The van der Waals surface area contributed by atoms with Crippen molar-refractivity contribution < 1.29 is 24.1 Å². The van der Waals surface area contributed by atoms with Crippen LogP contribution in [0.5, 0.6) is 11.5 Å². The largest absolute Gasteiger partial charge is 0.493 e.